The van der Waals surface area contributed by atoms with Gasteiger partial charge in [0.15, 0.2) is 0 Å². The van der Waals surface area contributed by atoms with Gasteiger partial charge in [0.2, 0.25) is 0 Å². The van der Waals surface area contributed by atoms with Crippen LogP contribution in [0.4, 0.5) is 0 Å². The van der Waals surface area contributed by atoms with Crippen LogP contribution in [0.25, 0.3) is 0 Å². The second-order valence-corrected chi connectivity index (χ2v) is 5.72. The molecule has 0 rings (SSSR count). The highest BCUT2D eigenvalue weighted by Crippen LogP contribution is 1.99. The van der Waals surface area contributed by atoms with Gasteiger partial charge in [-0.2, -0.15) is 0 Å². The minimum Gasteiger partial charge on any atom is -0.312 e. The van der Waals surface area contributed by atoms with Gasteiger partial charge < -0.3 is 5.32 Å². The Bertz CT molecular complexity index is 172. The van der Waals surface area contributed by atoms with Crippen molar-refractivity contribution in [2.24, 2.45) is 0 Å². The van der Waals surface area contributed by atoms with Gasteiger partial charge in [0.05, 0.1) is 0 Å². The van der Waals surface area contributed by atoms with Crippen LogP contribution < -0.4 is 5.32 Å². The van der Waals surface area contributed by atoms with Crippen molar-refractivity contribution >= 4 is 26.7 Å². The fraction of sp³-hybridized carbons (Fsp3) is 0.750. The maximum atomic E-state index is 10.9. The van der Waals surface area contributed by atoms with E-state index in [9.17, 15) is 4.21 Å². The van der Waals surface area contributed by atoms with Gasteiger partial charge in [-0.3, -0.25) is 4.21 Å². The first-order valence-corrected chi connectivity index (χ1v) is 6.31. The Labute approximate surface area is 85.4 Å². The lowest BCUT2D eigenvalue weighted by Crippen LogP contribution is -2.22. The molecular weight excluding hydrogens is 238 g/mol. The third-order valence-corrected chi connectivity index (χ3v) is 3.26. The van der Waals surface area contributed by atoms with Crippen molar-refractivity contribution in [1.82, 2.24) is 5.32 Å². The second kappa shape index (κ2) is 6.80. The minimum atomic E-state index is -0.699. The molecule has 12 heavy (non-hydrogen) atoms. The zero-order valence-electron chi connectivity index (χ0n) is 7.60. The van der Waals surface area contributed by atoms with E-state index in [0.29, 0.717) is 0 Å². The third-order valence-electron chi connectivity index (χ3n) is 1.61. The lowest BCUT2D eigenvalue weighted by Gasteiger charge is -2.08. The number of nitrogens with one attached hydrogen (secondary N) is 1. The first kappa shape index (κ1) is 12.3. The molecule has 0 saturated carbocycles. The fourth-order valence-corrected chi connectivity index (χ4v) is 1.34. The van der Waals surface area contributed by atoms with Crippen LogP contribution in [0.3, 0.4) is 0 Å². The normalized spacial score (nSPS) is 15.6. The number of hydrogen-bond acceptors (Lipinski definition) is 2. The highest BCUT2D eigenvalue weighted by molar-refractivity contribution is 9.11. The van der Waals surface area contributed by atoms with Crippen LogP contribution >= 0.6 is 15.9 Å². The van der Waals surface area contributed by atoms with Crippen molar-refractivity contribution in [2.75, 3.05) is 19.3 Å². The molecule has 2 unspecified atom stereocenters. The van der Waals surface area contributed by atoms with E-state index in [1.807, 2.05) is 6.92 Å². The van der Waals surface area contributed by atoms with Crippen molar-refractivity contribution < 1.29 is 4.21 Å². The van der Waals surface area contributed by atoms with Gasteiger partial charge in [-0.25, -0.2) is 0 Å². The van der Waals surface area contributed by atoms with Crippen molar-refractivity contribution in [3.63, 3.8) is 0 Å². The summed E-state index contributed by atoms with van der Waals surface area (Å²) in [5.74, 6) is 0. The van der Waals surface area contributed by atoms with Crippen LogP contribution in [0.15, 0.2) is 11.1 Å². The van der Waals surface area contributed by atoms with Crippen molar-refractivity contribution in [3.8, 4) is 0 Å². The van der Waals surface area contributed by atoms with Gasteiger partial charge in [0.1, 0.15) is 0 Å². The van der Waals surface area contributed by atoms with Crippen molar-refractivity contribution in [3.05, 3.63) is 11.1 Å². The van der Waals surface area contributed by atoms with E-state index in [1.54, 1.807) is 6.26 Å². The zero-order valence-corrected chi connectivity index (χ0v) is 10.0. The van der Waals surface area contributed by atoms with Crippen LogP contribution in [-0.4, -0.2) is 28.8 Å². The van der Waals surface area contributed by atoms with Gasteiger partial charge in [0.25, 0.3) is 0 Å². The molecular formula is C8H16BrNOS. The van der Waals surface area contributed by atoms with E-state index in [-0.39, 0.29) is 5.25 Å². The second-order valence-electron chi connectivity index (χ2n) is 2.79. The lowest BCUT2D eigenvalue weighted by atomic mass is 10.3. The largest absolute Gasteiger partial charge is 0.312 e. The molecule has 0 aliphatic rings. The fourth-order valence-electron chi connectivity index (χ4n) is 0.695. The summed E-state index contributed by atoms with van der Waals surface area (Å²) in [4.78, 5) is 0. The molecule has 0 aromatic rings. The number of halogens is 1. The summed E-state index contributed by atoms with van der Waals surface area (Å²) < 4.78 is 11.9. The maximum Gasteiger partial charge on any atom is 0.0329 e. The Hall–Kier alpha value is 0.330. The molecule has 0 aromatic heterocycles. The van der Waals surface area contributed by atoms with Gasteiger partial charge >= 0.3 is 0 Å². The van der Waals surface area contributed by atoms with E-state index >= 15 is 0 Å². The highest BCUT2D eigenvalue weighted by Gasteiger charge is 2.04. The number of rotatable bonds is 6. The standard InChI is InChI=1S/C8H16BrNOS/c1-7(9)6-10-5-4-8(2)12(3)11/h8,10H,1,4-6H2,2-3H3. The molecule has 1 N–H and O–H groups in total. The predicted molar refractivity (Wildman–Crippen MR) is 59.1 cm³/mol. The molecule has 0 aliphatic heterocycles. The summed E-state index contributed by atoms with van der Waals surface area (Å²) in [5, 5.41) is 3.47. The Morgan fingerprint density at radius 3 is 2.75 bits per heavy atom. The highest BCUT2D eigenvalue weighted by atomic mass is 79.9. The molecule has 0 radical (unpaired) electrons. The summed E-state index contributed by atoms with van der Waals surface area (Å²) in [7, 11) is -0.699. The zero-order chi connectivity index (χ0) is 9.56. The predicted octanol–water partition coefficient (Wildman–Crippen LogP) is 1.64. The van der Waals surface area contributed by atoms with Crippen LogP contribution in [0.1, 0.15) is 13.3 Å². The molecule has 72 valence electrons. The van der Waals surface area contributed by atoms with E-state index in [0.717, 1.165) is 24.0 Å². The molecule has 0 fully saturated rings. The van der Waals surface area contributed by atoms with Crippen molar-refractivity contribution in [2.45, 2.75) is 18.6 Å². The molecule has 0 bridgehead atoms. The van der Waals surface area contributed by atoms with E-state index < -0.39 is 10.8 Å². The third kappa shape index (κ3) is 7.00. The molecule has 0 heterocycles. The van der Waals surface area contributed by atoms with E-state index in [2.05, 4.69) is 27.8 Å². The van der Waals surface area contributed by atoms with Crippen LogP contribution in [-0.2, 0) is 10.8 Å². The van der Waals surface area contributed by atoms with Gasteiger partial charge in [-0.1, -0.05) is 29.4 Å². The quantitative estimate of drug-likeness (QED) is 0.730. The monoisotopic (exact) mass is 253 g/mol. The Kier molecular flexibility index (Phi) is 6.99. The molecule has 0 aliphatic carbocycles. The molecule has 2 atom stereocenters. The first-order chi connectivity index (χ1) is 5.54. The molecule has 0 spiro atoms. The molecule has 2 nitrogen and oxygen atoms in total. The SMILES string of the molecule is C=C(Br)CNCCC(C)S(C)=O. The van der Waals surface area contributed by atoms with Crippen molar-refractivity contribution in [1.29, 1.82) is 0 Å². The Balaban J connectivity index is 3.31. The van der Waals surface area contributed by atoms with E-state index in [1.165, 1.54) is 0 Å². The van der Waals surface area contributed by atoms with Crippen LogP contribution in [0.5, 0.6) is 0 Å². The van der Waals surface area contributed by atoms with Crippen LogP contribution in [0, 0.1) is 0 Å². The molecule has 0 aromatic carbocycles. The smallest absolute Gasteiger partial charge is 0.0329 e. The first-order valence-electron chi connectivity index (χ1n) is 3.90. The number of hydrogen-bond donors (Lipinski definition) is 1. The molecule has 0 amide bonds. The summed E-state index contributed by atoms with van der Waals surface area (Å²) in [6, 6.07) is 0. The summed E-state index contributed by atoms with van der Waals surface area (Å²) >= 11 is 3.25. The maximum absolute atomic E-state index is 10.9. The average Bonchev–Trinajstić information content (AvgIpc) is 1.97. The Morgan fingerprint density at radius 2 is 2.33 bits per heavy atom. The molecule has 0 saturated heterocycles. The summed E-state index contributed by atoms with van der Waals surface area (Å²) in [5.41, 5.74) is 0. The molecule has 4 heteroatoms. The van der Waals surface area contributed by atoms with Crippen LogP contribution in [0.2, 0.25) is 0 Å². The minimum absolute atomic E-state index is 0.279. The van der Waals surface area contributed by atoms with Gasteiger partial charge in [0, 0.05) is 33.3 Å². The van der Waals surface area contributed by atoms with Gasteiger partial charge in [-0.05, 0) is 13.0 Å². The summed E-state index contributed by atoms with van der Waals surface area (Å²) in [6.07, 6.45) is 2.69. The lowest BCUT2D eigenvalue weighted by molar-refractivity contribution is 0.649. The summed E-state index contributed by atoms with van der Waals surface area (Å²) in [6.45, 7) is 7.38. The van der Waals surface area contributed by atoms with E-state index in [4.69, 9.17) is 0 Å². The topological polar surface area (TPSA) is 29.1 Å². The Morgan fingerprint density at radius 1 is 1.75 bits per heavy atom. The van der Waals surface area contributed by atoms with Gasteiger partial charge in [-0.15, -0.1) is 0 Å². The average molecular weight is 254 g/mol.